The molecule has 0 aliphatic heterocycles. The fourth-order valence-electron chi connectivity index (χ4n) is 1.52. The van der Waals surface area contributed by atoms with Crippen LogP contribution in [0.2, 0.25) is 0 Å². The molecule has 0 radical (unpaired) electrons. The first-order chi connectivity index (χ1) is 8.58. The number of halogens is 2. The zero-order valence-corrected chi connectivity index (χ0v) is 9.35. The summed E-state index contributed by atoms with van der Waals surface area (Å²) in [6.45, 7) is -0.307. The van der Waals surface area contributed by atoms with E-state index < -0.39 is 12.5 Å². The Morgan fingerprint density at radius 1 is 1.28 bits per heavy atom. The molecule has 1 aromatic carbocycles. The van der Waals surface area contributed by atoms with Gasteiger partial charge in [-0.15, -0.1) is 0 Å². The van der Waals surface area contributed by atoms with Crippen LogP contribution in [0.4, 0.5) is 20.5 Å². The molecule has 1 unspecified atom stereocenters. The van der Waals surface area contributed by atoms with E-state index in [0.29, 0.717) is 16.7 Å². The molecule has 18 heavy (non-hydrogen) atoms. The number of para-hydroxylation sites is 1. The van der Waals surface area contributed by atoms with E-state index in [-0.39, 0.29) is 12.5 Å². The summed E-state index contributed by atoms with van der Waals surface area (Å²) in [6, 6.07) is 7.04. The summed E-state index contributed by atoms with van der Waals surface area (Å²) in [7, 11) is 0. The van der Waals surface area contributed by atoms with E-state index in [1.165, 1.54) is 0 Å². The van der Waals surface area contributed by atoms with Gasteiger partial charge in [0.05, 0.1) is 5.52 Å². The van der Waals surface area contributed by atoms with E-state index in [0.717, 1.165) is 0 Å². The number of nitrogens with zero attached hydrogens (tertiary/aromatic N) is 2. The second-order valence-corrected chi connectivity index (χ2v) is 3.73. The van der Waals surface area contributed by atoms with Crippen LogP contribution in [0.15, 0.2) is 24.3 Å². The van der Waals surface area contributed by atoms with Crippen molar-refractivity contribution in [3.8, 4) is 0 Å². The number of aliphatic hydroxyl groups excluding tert-OH is 1. The highest BCUT2D eigenvalue weighted by molar-refractivity contribution is 5.89. The fourth-order valence-corrected chi connectivity index (χ4v) is 1.52. The van der Waals surface area contributed by atoms with Gasteiger partial charge in [0.2, 0.25) is 5.95 Å². The third-order valence-corrected chi connectivity index (χ3v) is 2.39. The Kier molecular flexibility index (Phi) is 3.52. The molecule has 96 valence electrons. The van der Waals surface area contributed by atoms with Crippen LogP contribution in [0.3, 0.4) is 0 Å². The second-order valence-electron chi connectivity index (χ2n) is 3.73. The number of aliphatic hydroxyl groups is 1. The standard InChI is InChI=1S/C11H12F2N4O/c12-9(13)8(18)5-15-10-6-3-1-2-4-7(6)16-11(14)17-10/h1-4,8-9,18H,5H2,(H3,14,15,16,17). The molecule has 0 fully saturated rings. The van der Waals surface area contributed by atoms with Crippen LogP contribution in [-0.4, -0.2) is 34.1 Å². The molecule has 1 atom stereocenters. The van der Waals surface area contributed by atoms with Crippen molar-refractivity contribution in [1.82, 2.24) is 9.97 Å². The Labute approximate surface area is 102 Å². The minimum Gasteiger partial charge on any atom is -0.385 e. The van der Waals surface area contributed by atoms with Crippen LogP contribution in [0, 0.1) is 0 Å². The monoisotopic (exact) mass is 254 g/mol. The van der Waals surface area contributed by atoms with Gasteiger partial charge in [0.1, 0.15) is 11.9 Å². The number of nitrogens with two attached hydrogens (primary N) is 1. The van der Waals surface area contributed by atoms with Crippen LogP contribution >= 0.6 is 0 Å². The molecule has 4 N–H and O–H groups in total. The van der Waals surface area contributed by atoms with E-state index in [9.17, 15) is 8.78 Å². The van der Waals surface area contributed by atoms with Crippen molar-refractivity contribution >= 4 is 22.7 Å². The first-order valence-corrected chi connectivity index (χ1v) is 5.30. The highest BCUT2D eigenvalue weighted by Gasteiger charge is 2.17. The minimum atomic E-state index is -2.80. The predicted molar refractivity (Wildman–Crippen MR) is 64.5 cm³/mol. The molecular weight excluding hydrogens is 242 g/mol. The molecule has 0 spiro atoms. The van der Waals surface area contributed by atoms with Crippen molar-refractivity contribution in [3.63, 3.8) is 0 Å². The van der Waals surface area contributed by atoms with Gasteiger partial charge in [-0.25, -0.2) is 13.8 Å². The van der Waals surface area contributed by atoms with Crippen molar-refractivity contribution < 1.29 is 13.9 Å². The third kappa shape index (κ3) is 2.62. The quantitative estimate of drug-likeness (QED) is 0.764. The number of hydrogen-bond donors (Lipinski definition) is 3. The summed E-state index contributed by atoms with van der Waals surface area (Å²) in [5.41, 5.74) is 6.13. The Balaban J connectivity index is 2.27. The first-order valence-electron chi connectivity index (χ1n) is 5.30. The molecule has 7 heteroatoms. The van der Waals surface area contributed by atoms with Crippen molar-refractivity contribution in [3.05, 3.63) is 24.3 Å². The Morgan fingerprint density at radius 2 is 2.00 bits per heavy atom. The molecule has 0 aliphatic rings. The number of aromatic nitrogens is 2. The molecule has 0 bridgehead atoms. The highest BCUT2D eigenvalue weighted by atomic mass is 19.3. The molecule has 5 nitrogen and oxygen atoms in total. The molecular formula is C11H12F2N4O. The SMILES string of the molecule is Nc1nc(NCC(O)C(F)F)c2ccccc2n1. The van der Waals surface area contributed by atoms with Gasteiger partial charge >= 0.3 is 0 Å². The van der Waals surface area contributed by atoms with Crippen molar-refractivity contribution in [1.29, 1.82) is 0 Å². The third-order valence-electron chi connectivity index (χ3n) is 2.39. The maximum atomic E-state index is 12.2. The van der Waals surface area contributed by atoms with Crippen molar-refractivity contribution in [2.75, 3.05) is 17.6 Å². The van der Waals surface area contributed by atoms with E-state index >= 15 is 0 Å². The van der Waals surface area contributed by atoms with Gasteiger partial charge in [0, 0.05) is 11.9 Å². The van der Waals surface area contributed by atoms with Crippen molar-refractivity contribution in [2.24, 2.45) is 0 Å². The van der Waals surface area contributed by atoms with E-state index in [1.54, 1.807) is 24.3 Å². The molecule has 2 rings (SSSR count). The van der Waals surface area contributed by atoms with Gasteiger partial charge in [-0.1, -0.05) is 12.1 Å². The average Bonchev–Trinajstić information content (AvgIpc) is 2.35. The summed E-state index contributed by atoms with van der Waals surface area (Å²) < 4.78 is 24.4. The van der Waals surface area contributed by atoms with Crippen LogP contribution in [0.1, 0.15) is 0 Å². The number of alkyl halides is 2. The number of rotatable bonds is 4. The summed E-state index contributed by atoms with van der Waals surface area (Å²) in [5.74, 6) is 0.375. The molecule has 0 amide bonds. The molecule has 0 saturated heterocycles. The lowest BCUT2D eigenvalue weighted by Gasteiger charge is -2.12. The Hall–Kier alpha value is -2.02. The van der Waals surface area contributed by atoms with Gasteiger partial charge in [-0.3, -0.25) is 0 Å². The van der Waals surface area contributed by atoms with Crippen LogP contribution in [0.5, 0.6) is 0 Å². The topological polar surface area (TPSA) is 84.1 Å². The summed E-state index contributed by atoms with van der Waals surface area (Å²) in [6.07, 6.45) is -4.55. The maximum absolute atomic E-state index is 12.2. The predicted octanol–water partition coefficient (Wildman–Crippen LogP) is 1.25. The zero-order valence-electron chi connectivity index (χ0n) is 9.35. The average molecular weight is 254 g/mol. The smallest absolute Gasteiger partial charge is 0.265 e. The summed E-state index contributed by atoms with van der Waals surface area (Å²) in [4.78, 5) is 7.95. The Morgan fingerprint density at radius 3 is 2.72 bits per heavy atom. The lowest BCUT2D eigenvalue weighted by atomic mass is 10.2. The number of fused-ring (bicyclic) bond motifs is 1. The molecule has 2 aromatic rings. The lowest BCUT2D eigenvalue weighted by Crippen LogP contribution is -2.27. The lowest BCUT2D eigenvalue weighted by molar-refractivity contribution is 0.00382. The normalized spacial score (nSPS) is 12.9. The highest BCUT2D eigenvalue weighted by Crippen LogP contribution is 2.20. The summed E-state index contributed by atoms with van der Waals surface area (Å²) >= 11 is 0. The van der Waals surface area contributed by atoms with Gasteiger partial charge in [0.15, 0.2) is 0 Å². The van der Waals surface area contributed by atoms with Gasteiger partial charge in [-0.2, -0.15) is 4.98 Å². The number of hydrogen-bond acceptors (Lipinski definition) is 5. The first kappa shape index (κ1) is 12.4. The van der Waals surface area contributed by atoms with E-state index in [4.69, 9.17) is 10.8 Å². The maximum Gasteiger partial charge on any atom is 0.265 e. The summed E-state index contributed by atoms with van der Waals surface area (Å²) in [5, 5.41) is 12.4. The van der Waals surface area contributed by atoms with E-state index in [1.807, 2.05) is 0 Å². The van der Waals surface area contributed by atoms with Gasteiger partial charge in [-0.05, 0) is 12.1 Å². The second kappa shape index (κ2) is 5.09. The molecule has 0 saturated carbocycles. The van der Waals surface area contributed by atoms with E-state index in [2.05, 4.69) is 15.3 Å². The Bertz CT molecular complexity index is 550. The largest absolute Gasteiger partial charge is 0.385 e. The zero-order chi connectivity index (χ0) is 13.1. The van der Waals surface area contributed by atoms with Crippen LogP contribution < -0.4 is 11.1 Å². The fraction of sp³-hybridized carbons (Fsp3) is 0.273. The molecule has 1 aromatic heterocycles. The van der Waals surface area contributed by atoms with Crippen molar-refractivity contribution in [2.45, 2.75) is 12.5 Å². The number of nitrogens with one attached hydrogen (secondary N) is 1. The number of nitrogen functional groups attached to an aromatic ring is 1. The molecule has 0 aliphatic carbocycles. The minimum absolute atomic E-state index is 0.0442. The number of anilines is 2. The molecule has 1 heterocycles. The van der Waals surface area contributed by atoms with Gasteiger partial charge < -0.3 is 16.2 Å². The van der Waals surface area contributed by atoms with Crippen LogP contribution in [-0.2, 0) is 0 Å². The van der Waals surface area contributed by atoms with Gasteiger partial charge in [0.25, 0.3) is 6.43 Å². The van der Waals surface area contributed by atoms with Crippen LogP contribution in [0.25, 0.3) is 10.9 Å². The number of benzene rings is 1.